The Labute approximate surface area is 136 Å². The predicted molar refractivity (Wildman–Crippen MR) is 91.5 cm³/mol. The summed E-state index contributed by atoms with van der Waals surface area (Å²) in [6.45, 7) is 1.51. The Bertz CT molecular complexity index is 885. The normalized spacial score (nSPS) is 10.2. The van der Waals surface area contributed by atoms with E-state index in [1.54, 1.807) is 31.2 Å². The van der Waals surface area contributed by atoms with Crippen molar-refractivity contribution in [3.05, 3.63) is 52.7 Å². The Kier molecular flexibility index (Phi) is 5.67. The molecule has 23 heavy (non-hydrogen) atoms. The second-order valence-corrected chi connectivity index (χ2v) is 5.67. The molecule has 0 aliphatic rings. The molecule has 0 aliphatic carbocycles. The van der Waals surface area contributed by atoms with Crippen LogP contribution in [0.25, 0.3) is 20.2 Å². The number of carboxylic acid groups (broad SMARTS) is 1. The first kappa shape index (κ1) is 16.9. The van der Waals surface area contributed by atoms with Crippen LogP contribution >= 0.6 is 11.3 Å². The van der Waals surface area contributed by atoms with E-state index in [2.05, 4.69) is 0 Å². The molecule has 0 amide bonds. The third kappa shape index (κ3) is 4.06. The van der Waals surface area contributed by atoms with Gasteiger partial charge in [-0.05, 0) is 37.3 Å². The minimum absolute atomic E-state index is 0.0601. The van der Waals surface area contributed by atoms with E-state index in [1.165, 1.54) is 11.3 Å². The maximum atomic E-state index is 12.4. The maximum Gasteiger partial charge on any atom is 0.341 e. The zero-order valence-corrected chi connectivity index (χ0v) is 13.3. The number of rotatable bonds is 3. The quantitative estimate of drug-likeness (QED) is 0.721. The van der Waals surface area contributed by atoms with Gasteiger partial charge in [0.05, 0.1) is 0 Å². The van der Waals surface area contributed by atoms with E-state index in [9.17, 15) is 9.59 Å². The Morgan fingerprint density at radius 2 is 1.78 bits per heavy atom. The van der Waals surface area contributed by atoms with Crippen LogP contribution in [0.5, 0.6) is 5.75 Å². The van der Waals surface area contributed by atoms with Crippen LogP contribution in [0, 0.1) is 0 Å². The predicted octanol–water partition coefficient (Wildman–Crippen LogP) is 2.88. The first-order chi connectivity index (χ1) is 11.1. The van der Waals surface area contributed by atoms with E-state index in [0.717, 1.165) is 9.40 Å². The highest BCUT2D eigenvalue weighted by Gasteiger charge is 2.07. The van der Waals surface area contributed by atoms with Crippen molar-refractivity contribution in [2.24, 2.45) is 0 Å². The number of ether oxygens (including phenoxy) is 1. The smallest absolute Gasteiger partial charge is 0.341 e. The van der Waals surface area contributed by atoms with Gasteiger partial charge in [-0.15, -0.1) is 11.3 Å². The molecule has 0 atom stereocenters. The van der Waals surface area contributed by atoms with Crippen molar-refractivity contribution in [2.45, 2.75) is 6.92 Å². The van der Waals surface area contributed by atoms with Crippen LogP contribution in [0.2, 0.25) is 0 Å². The molecule has 3 rings (SSSR count). The van der Waals surface area contributed by atoms with Crippen molar-refractivity contribution in [3.8, 4) is 5.75 Å². The molecule has 0 aliphatic heterocycles. The fraction of sp³-hybridized carbons (Fsp3) is 0.176. The number of aliphatic hydroxyl groups excluding tert-OH is 1. The molecule has 2 N–H and O–H groups in total. The van der Waals surface area contributed by atoms with E-state index >= 15 is 0 Å². The molecule has 1 heterocycles. The minimum Gasteiger partial charge on any atom is -0.482 e. The zero-order valence-electron chi connectivity index (χ0n) is 12.5. The van der Waals surface area contributed by atoms with Gasteiger partial charge in [-0.2, -0.15) is 0 Å². The number of carbonyl (C=O) groups is 1. The molecular weight excluding hydrogens is 316 g/mol. The topological polar surface area (TPSA) is 83.8 Å². The standard InChI is InChI=1S/C15H10O4S.C2H6O/c16-14(17)8-19-9-5-6-13-11(7-9)15(18)10-3-1-2-4-12(10)20-13;1-2-3/h1-7H,8H2,(H,16,17);3H,2H2,1H3. The first-order valence-corrected chi connectivity index (χ1v) is 7.79. The summed E-state index contributed by atoms with van der Waals surface area (Å²) < 4.78 is 6.90. The second kappa shape index (κ2) is 7.71. The van der Waals surface area contributed by atoms with Crippen molar-refractivity contribution in [2.75, 3.05) is 13.2 Å². The second-order valence-electron chi connectivity index (χ2n) is 4.58. The van der Waals surface area contributed by atoms with Crippen molar-refractivity contribution in [1.29, 1.82) is 0 Å². The molecule has 0 saturated heterocycles. The van der Waals surface area contributed by atoms with Gasteiger partial charge in [0.15, 0.2) is 12.0 Å². The molecule has 0 fully saturated rings. The van der Waals surface area contributed by atoms with Gasteiger partial charge in [0.2, 0.25) is 0 Å². The van der Waals surface area contributed by atoms with Gasteiger partial charge in [-0.25, -0.2) is 4.79 Å². The fourth-order valence-corrected chi connectivity index (χ4v) is 3.07. The van der Waals surface area contributed by atoms with Crippen molar-refractivity contribution < 1.29 is 19.7 Å². The molecule has 1 aromatic heterocycles. The summed E-state index contributed by atoms with van der Waals surface area (Å²) in [5.41, 5.74) is -0.0601. The maximum absolute atomic E-state index is 12.4. The zero-order chi connectivity index (χ0) is 16.8. The van der Waals surface area contributed by atoms with Crippen molar-refractivity contribution >= 4 is 37.5 Å². The molecule has 0 bridgehead atoms. The van der Waals surface area contributed by atoms with Gasteiger partial charge >= 0.3 is 5.97 Å². The lowest BCUT2D eigenvalue weighted by Crippen LogP contribution is -2.09. The third-order valence-corrected chi connectivity index (χ3v) is 4.06. The summed E-state index contributed by atoms with van der Waals surface area (Å²) >= 11 is 1.53. The lowest BCUT2D eigenvalue weighted by atomic mass is 10.2. The number of hydrogen-bond donors (Lipinski definition) is 2. The Morgan fingerprint density at radius 1 is 1.13 bits per heavy atom. The van der Waals surface area contributed by atoms with Crippen LogP contribution < -0.4 is 10.2 Å². The Balaban J connectivity index is 0.000000595. The monoisotopic (exact) mass is 332 g/mol. The van der Waals surface area contributed by atoms with Gasteiger partial charge in [0.25, 0.3) is 0 Å². The van der Waals surface area contributed by atoms with Gasteiger partial charge in [-0.3, -0.25) is 4.79 Å². The summed E-state index contributed by atoms with van der Waals surface area (Å²) in [4.78, 5) is 22.9. The lowest BCUT2D eigenvalue weighted by Gasteiger charge is -2.05. The third-order valence-electron chi connectivity index (χ3n) is 2.91. The molecule has 6 heteroatoms. The number of aliphatic hydroxyl groups is 1. The summed E-state index contributed by atoms with van der Waals surface area (Å²) in [6.07, 6.45) is 0. The van der Waals surface area contributed by atoms with E-state index < -0.39 is 12.6 Å². The number of benzene rings is 2. The van der Waals surface area contributed by atoms with Gasteiger partial charge in [0, 0.05) is 26.8 Å². The molecule has 0 spiro atoms. The van der Waals surface area contributed by atoms with Gasteiger partial charge in [0.1, 0.15) is 5.75 Å². The van der Waals surface area contributed by atoms with Crippen LogP contribution in [0.15, 0.2) is 47.3 Å². The Morgan fingerprint density at radius 3 is 2.48 bits per heavy atom. The lowest BCUT2D eigenvalue weighted by molar-refractivity contribution is -0.139. The Hall–Kier alpha value is -2.44. The average Bonchev–Trinajstić information content (AvgIpc) is 2.54. The van der Waals surface area contributed by atoms with E-state index in [1.807, 2.05) is 18.2 Å². The summed E-state index contributed by atoms with van der Waals surface area (Å²) in [7, 11) is 0. The number of aliphatic carboxylic acids is 1. The largest absolute Gasteiger partial charge is 0.482 e. The molecular formula is C17H16O5S. The highest BCUT2D eigenvalue weighted by molar-refractivity contribution is 7.24. The molecule has 120 valence electrons. The van der Waals surface area contributed by atoms with E-state index in [4.69, 9.17) is 14.9 Å². The van der Waals surface area contributed by atoms with Crippen LogP contribution in [0.1, 0.15) is 6.92 Å². The highest BCUT2D eigenvalue weighted by atomic mass is 32.1. The molecule has 5 nitrogen and oxygen atoms in total. The molecule has 0 radical (unpaired) electrons. The van der Waals surface area contributed by atoms with Crippen LogP contribution in [-0.4, -0.2) is 29.4 Å². The van der Waals surface area contributed by atoms with Crippen LogP contribution in [0.3, 0.4) is 0 Å². The summed E-state index contributed by atoms with van der Waals surface area (Å²) in [5, 5.41) is 17.4. The van der Waals surface area contributed by atoms with Crippen molar-refractivity contribution in [3.63, 3.8) is 0 Å². The van der Waals surface area contributed by atoms with Gasteiger partial charge < -0.3 is 14.9 Å². The molecule has 0 saturated carbocycles. The van der Waals surface area contributed by atoms with Crippen LogP contribution in [-0.2, 0) is 4.79 Å². The van der Waals surface area contributed by atoms with Crippen molar-refractivity contribution in [1.82, 2.24) is 0 Å². The number of carboxylic acids is 1. The SMILES string of the molecule is CCO.O=C(O)COc1ccc2sc3ccccc3c(=O)c2c1. The summed E-state index contributed by atoms with van der Waals surface area (Å²) in [6, 6.07) is 12.5. The molecule has 3 aromatic rings. The van der Waals surface area contributed by atoms with Crippen LogP contribution in [0.4, 0.5) is 0 Å². The fourth-order valence-electron chi connectivity index (χ4n) is 2.02. The molecule has 2 aromatic carbocycles. The number of fused-ring (bicyclic) bond motifs is 2. The first-order valence-electron chi connectivity index (χ1n) is 6.98. The van der Waals surface area contributed by atoms with E-state index in [-0.39, 0.29) is 12.0 Å². The van der Waals surface area contributed by atoms with E-state index in [0.29, 0.717) is 16.5 Å². The average molecular weight is 332 g/mol. The minimum atomic E-state index is -1.05. The summed E-state index contributed by atoms with van der Waals surface area (Å²) in [5.74, 6) is -0.659. The highest BCUT2D eigenvalue weighted by Crippen LogP contribution is 2.27. The van der Waals surface area contributed by atoms with Gasteiger partial charge in [-0.1, -0.05) is 12.1 Å². The number of hydrogen-bond acceptors (Lipinski definition) is 5. The molecule has 0 unspecified atom stereocenters.